The lowest BCUT2D eigenvalue weighted by atomic mass is 9.74. The molecule has 1 fully saturated rings. The van der Waals surface area contributed by atoms with Crippen molar-refractivity contribution in [3.63, 3.8) is 0 Å². The lowest BCUT2D eigenvalue weighted by Crippen LogP contribution is -2.41. The molecule has 0 atom stereocenters. The SMILES string of the molecule is Cc1ccc(OCc2nc(CC(=O)NCC3(CO)CCCCC3)cs2)cc1. The summed E-state index contributed by atoms with van der Waals surface area (Å²) >= 11 is 1.51. The number of aliphatic hydroxyl groups excluding tert-OH is 1. The van der Waals surface area contributed by atoms with E-state index in [2.05, 4.69) is 10.3 Å². The van der Waals surface area contributed by atoms with Crippen LogP contribution in [0.25, 0.3) is 0 Å². The van der Waals surface area contributed by atoms with E-state index in [-0.39, 0.29) is 24.3 Å². The van der Waals surface area contributed by atoms with E-state index in [1.54, 1.807) is 0 Å². The predicted molar refractivity (Wildman–Crippen MR) is 107 cm³/mol. The van der Waals surface area contributed by atoms with E-state index in [1.165, 1.54) is 23.3 Å². The number of amides is 1. The second-order valence-electron chi connectivity index (χ2n) is 7.51. The molecule has 2 N–H and O–H groups in total. The Morgan fingerprint density at radius 2 is 2.00 bits per heavy atom. The molecule has 1 saturated carbocycles. The van der Waals surface area contributed by atoms with Crippen LogP contribution in [0.4, 0.5) is 0 Å². The summed E-state index contributed by atoms with van der Waals surface area (Å²) in [6, 6.07) is 7.91. The number of ether oxygens (including phenoxy) is 1. The van der Waals surface area contributed by atoms with Crippen molar-refractivity contribution in [3.8, 4) is 5.75 Å². The molecular weight excluding hydrogens is 360 g/mol. The van der Waals surface area contributed by atoms with Crippen molar-refractivity contribution in [2.24, 2.45) is 5.41 Å². The molecule has 0 radical (unpaired) electrons. The summed E-state index contributed by atoms with van der Waals surface area (Å²) in [5, 5.41) is 15.5. The highest BCUT2D eigenvalue weighted by molar-refractivity contribution is 7.09. The molecule has 1 aliphatic carbocycles. The Hall–Kier alpha value is -1.92. The third-order valence-electron chi connectivity index (χ3n) is 5.23. The van der Waals surface area contributed by atoms with Crippen molar-refractivity contribution < 1.29 is 14.6 Å². The quantitative estimate of drug-likeness (QED) is 0.724. The van der Waals surface area contributed by atoms with Crippen molar-refractivity contribution >= 4 is 17.2 Å². The molecule has 0 aliphatic heterocycles. The van der Waals surface area contributed by atoms with Crippen molar-refractivity contribution in [2.75, 3.05) is 13.2 Å². The number of rotatable bonds is 8. The first-order valence-electron chi connectivity index (χ1n) is 9.59. The van der Waals surface area contributed by atoms with Gasteiger partial charge in [0, 0.05) is 17.3 Å². The average Bonchev–Trinajstić information content (AvgIpc) is 3.14. The highest BCUT2D eigenvalue weighted by Gasteiger charge is 2.31. The van der Waals surface area contributed by atoms with Crippen LogP contribution in [0.2, 0.25) is 0 Å². The minimum atomic E-state index is -0.136. The highest BCUT2D eigenvalue weighted by atomic mass is 32.1. The van der Waals surface area contributed by atoms with Crippen LogP contribution in [-0.2, 0) is 17.8 Å². The van der Waals surface area contributed by atoms with E-state index in [1.807, 2.05) is 36.6 Å². The molecule has 1 aromatic carbocycles. The molecule has 0 bridgehead atoms. The summed E-state index contributed by atoms with van der Waals surface area (Å²) in [6.07, 6.45) is 5.73. The van der Waals surface area contributed by atoms with E-state index in [4.69, 9.17) is 4.74 Å². The number of aliphatic hydroxyl groups is 1. The third-order valence-corrected chi connectivity index (χ3v) is 6.11. The number of nitrogens with one attached hydrogen (secondary N) is 1. The van der Waals surface area contributed by atoms with E-state index >= 15 is 0 Å². The lowest BCUT2D eigenvalue weighted by Gasteiger charge is -2.35. The van der Waals surface area contributed by atoms with E-state index < -0.39 is 0 Å². The fraction of sp³-hybridized carbons (Fsp3) is 0.524. The van der Waals surface area contributed by atoms with Crippen LogP contribution < -0.4 is 10.1 Å². The van der Waals surface area contributed by atoms with Gasteiger partial charge in [-0.15, -0.1) is 11.3 Å². The van der Waals surface area contributed by atoms with Crippen LogP contribution in [-0.4, -0.2) is 29.1 Å². The van der Waals surface area contributed by atoms with Gasteiger partial charge < -0.3 is 15.2 Å². The molecule has 0 saturated heterocycles. The van der Waals surface area contributed by atoms with Crippen LogP contribution in [0.3, 0.4) is 0 Å². The maximum absolute atomic E-state index is 12.3. The zero-order valence-electron chi connectivity index (χ0n) is 15.9. The second-order valence-corrected chi connectivity index (χ2v) is 8.45. The summed E-state index contributed by atoms with van der Waals surface area (Å²) in [5.41, 5.74) is 1.83. The summed E-state index contributed by atoms with van der Waals surface area (Å²) in [7, 11) is 0. The van der Waals surface area contributed by atoms with Gasteiger partial charge in [0.15, 0.2) is 0 Å². The Labute approximate surface area is 164 Å². The van der Waals surface area contributed by atoms with Gasteiger partial charge in [-0.1, -0.05) is 37.0 Å². The third kappa shape index (κ3) is 5.78. The lowest BCUT2D eigenvalue weighted by molar-refractivity contribution is -0.121. The number of hydrogen-bond donors (Lipinski definition) is 2. The first kappa shape index (κ1) is 19.8. The molecule has 1 aromatic heterocycles. The highest BCUT2D eigenvalue weighted by Crippen LogP contribution is 2.35. The molecule has 1 heterocycles. The molecule has 2 aromatic rings. The standard InChI is InChI=1S/C21H28N2O3S/c1-16-5-7-18(8-6-16)26-12-20-23-17(13-27-20)11-19(25)22-14-21(15-24)9-3-2-4-10-21/h5-8,13,24H,2-4,9-12,14-15H2,1H3,(H,22,25). The zero-order chi connectivity index (χ0) is 19.1. The normalized spacial score (nSPS) is 16.1. The minimum Gasteiger partial charge on any atom is -0.486 e. The number of aromatic nitrogens is 1. The van der Waals surface area contributed by atoms with Crippen LogP contribution in [0.5, 0.6) is 5.75 Å². The van der Waals surface area contributed by atoms with Crippen LogP contribution >= 0.6 is 11.3 Å². The molecular formula is C21H28N2O3S. The molecule has 0 unspecified atom stereocenters. The Bertz CT molecular complexity index is 736. The fourth-order valence-corrected chi connectivity index (χ4v) is 4.19. The molecule has 1 aliphatic rings. The molecule has 5 nitrogen and oxygen atoms in total. The Kier molecular flexibility index (Phi) is 6.85. The van der Waals surface area contributed by atoms with E-state index in [9.17, 15) is 9.90 Å². The molecule has 0 spiro atoms. The smallest absolute Gasteiger partial charge is 0.226 e. The van der Waals surface area contributed by atoms with E-state index in [0.717, 1.165) is 42.1 Å². The van der Waals surface area contributed by atoms with Crippen molar-refractivity contribution in [2.45, 2.75) is 52.1 Å². The van der Waals surface area contributed by atoms with Gasteiger partial charge in [0.1, 0.15) is 17.4 Å². The largest absolute Gasteiger partial charge is 0.486 e. The summed E-state index contributed by atoms with van der Waals surface area (Å²) in [5.74, 6) is 0.779. The zero-order valence-corrected chi connectivity index (χ0v) is 16.7. The monoisotopic (exact) mass is 388 g/mol. The van der Waals surface area contributed by atoms with Gasteiger partial charge in [-0.3, -0.25) is 4.79 Å². The fourth-order valence-electron chi connectivity index (χ4n) is 3.48. The van der Waals surface area contributed by atoms with Gasteiger partial charge >= 0.3 is 0 Å². The number of carbonyl (C=O) groups is 1. The van der Waals surface area contributed by atoms with Crippen LogP contribution in [0.15, 0.2) is 29.6 Å². The molecule has 6 heteroatoms. The van der Waals surface area contributed by atoms with Crippen LogP contribution in [0, 0.1) is 12.3 Å². The Balaban J connectivity index is 1.45. The maximum Gasteiger partial charge on any atom is 0.226 e. The molecule has 146 valence electrons. The second kappa shape index (κ2) is 9.33. The number of aryl methyl sites for hydroxylation is 1. The number of thiazole rings is 1. The number of carbonyl (C=O) groups excluding carboxylic acids is 1. The van der Waals surface area contributed by atoms with Gasteiger partial charge in [-0.2, -0.15) is 0 Å². The first-order chi connectivity index (χ1) is 13.1. The van der Waals surface area contributed by atoms with E-state index in [0.29, 0.717) is 13.2 Å². The number of nitrogens with zero attached hydrogens (tertiary/aromatic N) is 1. The topological polar surface area (TPSA) is 71.5 Å². The number of hydrogen-bond acceptors (Lipinski definition) is 5. The van der Waals surface area contributed by atoms with Crippen LogP contribution in [0.1, 0.15) is 48.4 Å². The van der Waals surface area contributed by atoms with Gasteiger partial charge in [0.25, 0.3) is 0 Å². The maximum atomic E-state index is 12.3. The van der Waals surface area contributed by atoms with Gasteiger partial charge in [-0.25, -0.2) is 4.98 Å². The Morgan fingerprint density at radius 3 is 2.70 bits per heavy atom. The molecule has 27 heavy (non-hydrogen) atoms. The average molecular weight is 389 g/mol. The molecule has 3 rings (SSSR count). The summed E-state index contributed by atoms with van der Waals surface area (Å²) in [4.78, 5) is 16.8. The van der Waals surface area contributed by atoms with Crippen molar-refractivity contribution in [1.82, 2.24) is 10.3 Å². The minimum absolute atomic E-state index is 0.0373. The summed E-state index contributed by atoms with van der Waals surface area (Å²) in [6.45, 7) is 3.14. The Morgan fingerprint density at radius 1 is 1.26 bits per heavy atom. The number of benzene rings is 1. The first-order valence-corrected chi connectivity index (χ1v) is 10.5. The van der Waals surface area contributed by atoms with Crippen molar-refractivity contribution in [3.05, 3.63) is 45.9 Å². The van der Waals surface area contributed by atoms with Gasteiger partial charge in [0.2, 0.25) is 5.91 Å². The van der Waals surface area contributed by atoms with Gasteiger partial charge in [0.05, 0.1) is 18.7 Å². The van der Waals surface area contributed by atoms with Crippen molar-refractivity contribution in [1.29, 1.82) is 0 Å². The van der Waals surface area contributed by atoms with Gasteiger partial charge in [-0.05, 0) is 31.9 Å². The predicted octanol–water partition coefficient (Wildman–Crippen LogP) is 3.63. The summed E-state index contributed by atoms with van der Waals surface area (Å²) < 4.78 is 5.74. The molecule has 1 amide bonds.